The molecule has 0 bridgehead atoms. The monoisotopic (exact) mass is 513 g/mol. The Morgan fingerprint density at radius 2 is 1.76 bits per heavy atom. The molecule has 37 heavy (non-hydrogen) atoms. The lowest BCUT2D eigenvalue weighted by atomic mass is 10.1. The van der Waals surface area contributed by atoms with Gasteiger partial charge in [-0.2, -0.15) is 0 Å². The number of rotatable bonds is 14. The zero-order valence-corrected chi connectivity index (χ0v) is 22.0. The van der Waals surface area contributed by atoms with Gasteiger partial charge < -0.3 is 24.6 Å². The largest absolute Gasteiger partial charge is 0.454 e. The topological polar surface area (TPSA) is 109 Å². The fourth-order valence-corrected chi connectivity index (χ4v) is 4.74. The third kappa shape index (κ3) is 7.20. The highest BCUT2D eigenvalue weighted by atomic mass is 16.7. The van der Waals surface area contributed by atoms with Crippen LogP contribution in [0.4, 0.5) is 17.3 Å². The second-order valence-corrected chi connectivity index (χ2v) is 9.58. The molecule has 2 aromatic rings. The first-order valence-corrected chi connectivity index (χ1v) is 13.4. The van der Waals surface area contributed by atoms with Crippen molar-refractivity contribution in [3.8, 4) is 11.5 Å². The lowest BCUT2D eigenvalue weighted by Crippen LogP contribution is -2.46. The minimum atomic E-state index is -0.359. The van der Waals surface area contributed by atoms with Crippen LogP contribution in [0.2, 0.25) is 0 Å². The summed E-state index contributed by atoms with van der Waals surface area (Å²) >= 11 is 0. The maximum absolute atomic E-state index is 12.1. The Morgan fingerprint density at radius 3 is 2.46 bits per heavy atom. The van der Waals surface area contributed by atoms with Gasteiger partial charge in [0.15, 0.2) is 11.5 Å². The third-order valence-electron chi connectivity index (χ3n) is 6.88. The van der Waals surface area contributed by atoms with Crippen molar-refractivity contribution in [2.24, 2.45) is 0 Å². The Labute approximate surface area is 218 Å². The van der Waals surface area contributed by atoms with Crippen LogP contribution in [0.3, 0.4) is 0 Å². The van der Waals surface area contributed by atoms with Crippen molar-refractivity contribution >= 4 is 17.3 Å². The summed E-state index contributed by atoms with van der Waals surface area (Å²) in [5, 5.41) is 15.3. The number of unbranched alkanes of at least 4 members (excludes halogenated alkanes) is 2. The molecule has 1 fully saturated rings. The summed E-state index contributed by atoms with van der Waals surface area (Å²) in [5.74, 6) is 2.25. The Morgan fingerprint density at radius 1 is 1.03 bits per heavy atom. The predicted molar refractivity (Wildman–Crippen MR) is 143 cm³/mol. The van der Waals surface area contributed by atoms with Crippen LogP contribution in [0.25, 0.3) is 0 Å². The Balaban J connectivity index is 1.35. The molecule has 0 spiro atoms. The van der Waals surface area contributed by atoms with Crippen molar-refractivity contribution in [2.75, 3.05) is 69.4 Å². The minimum absolute atomic E-state index is 0.0413. The Bertz CT molecular complexity index is 1020. The lowest BCUT2D eigenvalue weighted by molar-refractivity contribution is -0.383. The van der Waals surface area contributed by atoms with Gasteiger partial charge in [0, 0.05) is 45.8 Å². The summed E-state index contributed by atoms with van der Waals surface area (Å²) in [4.78, 5) is 27.0. The van der Waals surface area contributed by atoms with E-state index in [1.165, 1.54) is 6.33 Å². The molecule has 4 rings (SSSR count). The molecule has 1 N–H and O–H groups in total. The molecule has 2 aliphatic heterocycles. The SMILES string of the molecule is CCCCN(CCCC)CCNc1ncnc(N2CCN(Cc3ccc4c(c3)OCO4)CC2)c1[N+](=O)[O-]. The van der Waals surface area contributed by atoms with Crippen molar-refractivity contribution in [1.82, 2.24) is 19.8 Å². The number of nitrogens with zero attached hydrogens (tertiary/aromatic N) is 6. The van der Waals surface area contributed by atoms with Gasteiger partial charge in [-0.1, -0.05) is 32.8 Å². The fourth-order valence-electron chi connectivity index (χ4n) is 4.74. The number of fused-ring (bicyclic) bond motifs is 1. The summed E-state index contributed by atoms with van der Waals surface area (Å²) < 4.78 is 10.9. The molecule has 0 amide bonds. The quantitative estimate of drug-likeness (QED) is 0.296. The van der Waals surface area contributed by atoms with Gasteiger partial charge in [-0.25, -0.2) is 9.97 Å². The van der Waals surface area contributed by atoms with E-state index in [2.05, 4.69) is 45.0 Å². The predicted octanol–water partition coefficient (Wildman–Crippen LogP) is 3.75. The fraction of sp³-hybridized carbons (Fsp3) is 0.615. The van der Waals surface area contributed by atoms with Gasteiger partial charge in [-0.3, -0.25) is 15.0 Å². The van der Waals surface area contributed by atoms with Gasteiger partial charge in [0.2, 0.25) is 18.4 Å². The van der Waals surface area contributed by atoms with Gasteiger partial charge in [0.25, 0.3) is 0 Å². The van der Waals surface area contributed by atoms with Gasteiger partial charge in [0.1, 0.15) is 6.33 Å². The molecule has 202 valence electrons. The highest BCUT2D eigenvalue weighted by Crippen LogP contribution is 2.34. The van der Waals surface area contributed by atoms with E-state index in [4.69, 9.17) is 9.47 Å². The van der Waals surface area contributed by atoms with Crippen molar-refractivity contribution in [3.63, 3.8) is 0 Å². The molecule has 1 aromatic carbocycles. The summed E-state index contributed by atoms with van der Waals surface area (Å²) in [5.41, 5.74) is 1.12. The van der Waals surface area contributed by atoms with Gasteiger partial charge >= 0.3 is 5.69 Å². The highest BCUT2D eigenvalue weighted by Gasteiger charge is 2.29. The van der Waals surface area contributed by atoms with Crippen LogP contribution in [0, 0.1) is 10.1 Å². The van der Waals surface area contributed by atoms with Crippen molar-refractivity contribution < 1.29 is 14.4 Å². The second kappa shape index (κ2) is 13.4. The zero-order valence-electron chi connectivity index (χ0n) is 22.0. The molecule has 0 saturated carbocycles. The van der Waals surface area contributed by atoms with E-state index in [9.17, 15) is 10.1 Å². The second-order valence-electron chi connectivity index (χ2n) is 9.58. The van der Waals surface area contributed by atoms with E-state index < -0.39 is 0 Å². The number of nitrogens with one attached hydrogen (secondary N) is 1. The zero-order chi connectivity index (χ0) is 26.0. The molecule has 1 saturated heterocycles. The smallest absolute Gasteiger partial charge is 0.353 e. The summed E-state index contributed by atoms with van der Waals surface area (Å²) in [6.45, 7) is 11.8. The number of aromatic nitrogens is 2. The van der Waals surface area contributed by atoms with Crippen molar-refractivity contribution in [2.45, 2.75) is 46.1 Å². The van der Waals surface area contributed by atoms with Crippen LogP contribution >= 0.6 is 0 Å². The molecule has 1 aromatic heterocycles. The van der Waals surface area contributed by atoms with E-state index in [0.717, 1.165) is 82.0 Å². The molecule has 0 unspecified atom stereocenters. The average Bonchev–Trinajstić information content (AvgIpc) is 3.38. The Hall–Kier alpha value is -3.18. The molecule has 11 heteroatoms. The number of piperazine rings is 1. The molecule has 2 aliphatic rings. The van der Waals surface area contributed by atoms with E-state index in [-0.39, 0.29) is 17.4 Å². The Kier molecular flexibility index (Phi) is 9.72. The maximum atomic E-state index is 12.1. The number of nitro groups is 1. The van der Waals surface area contributed by atoms with Gasteiger partial charge in [0.05, 0.1) is 4.92 Å². The van der Waals surface area contributed by atoms with Gasteiger partial charge in [-0.15, -0.1) is 0 Å². The standard InChI is InChI=1S/C26H39N7O4/c1-3-5-10-30(11-6-4-2)12-9-27-25-24(33(34)35)26(29-19-28-25)32-15-13-31(14-16-32)18-21-7-8-22-23(17-21)37-20-36-22/h7-8,17,19H,3-6,9-16,18,20H2,1-2H3,(H,27,28,29). The summed E-state index contributed by atoms with van der Waals surface area (Å²) in [7, 11) is 0. The third-order valence-corrected chi connectivity index (χ3v) is 6.88. The highest BCUT2D eigenvalue weighted by molar-refractivity contribution is 5.70. The van der Waals surface area contributed by atoms with Crippen molar-refractivity contribution in [1.29, 1.82) is 0 Å². The molecule has 3 heterocycles. The lowest BCUT2D eigenvalue weighted by Gasteiger charge is -2.35. The molecule has 0 aliphatic carbocycles. The van der Waals surface area contributed by atoms with Crippen LogP contribution in [0.15, 0.2) is 24.5 Å². The van der Waals surface area contributed by atoms with E-state index in [1.54, 1.807) is 0 Å². The van der Waals surface area contributed by atoms with Crippen LogP contribution in [-0.4, -0.2) is 83.8 Å². The van der Waals surface area contributed by atoms with Crippen LogP contribution in [0.1, 0.15) is 45.1 Å². The molecule has 0 radical (unpaired) electrons. The van der Waals surface area contributed by atoms with Crippen LogP contribution in [0.5, 0.6) is 11.5 Å². The van der Waals surface area contributed by atoms with Crippen LogP contribution < -0.4 is 19.7 Å². The van der Waals surface area contributed by atoms with E-state index >= 15 is 0 Å². The number of hydrogen-bond acceptors (Lipinski definition) is 10. The van der Waals surface area contributed by atoms with E-state index in [0.29, 0.717) is 31.3 Å². The summed E-state index contributed by atoms with van der Waals surface area (Å²) in [6.07, 6.45) is 6.04. The first-order valence-electron chi connectivity index (χ1n) is 13.4. The van der Waals surface area contributed by atoms with Crippen molar-refractivity contribution in [3.05, 3.63) is 40.2 Å². The average molecular weight is 514 g/mol. The first-order chi connectivity index (χ1) is 18.1. The van der Waals surface area contributed by atoms with E-state index in [1.807, 2.05) is 17.0 Å². The normalized spacial score (nSPS) is 15.4. The number of hydrogen-bond donors (Lipinski definition) is 1. The molecular formula is C26H39N7O4. The molecule has 11 nitrogen and oxygen atoms in total. The molecule has 0 atom stereocenters. The number of anilines is 2. The minimum Gasteiger partial charge on any atom is -0.454 e. The summed E-state index contributed by atoms with van der Waals surface area (Å²) in [6, 6.07) is 6.02. The van der Waals surface area contributed by atoms with Gasteiger partial charge in [-0.05, 0) is 43.6 Å². The number of ether oxygens (including phenoxy) is 2. The first kappa shape index (κ1) is 26.9. The number of benzene rings is 1. The maximum Gasteiger partial charge on any atom is 0.353 e. The molecular weight excluding hydrogens is 474 g/mol. The van der Waals surface area contributed by atoms with Crippen LogP contribution in [-0.2, 0) is 6.54 Å².